The molecule has 1 amide bonds. The summed E-state index contributed by atoms with van der Waals surface area (Å²) >= 11 is 0. The van der Waals surface area contributed by atoms with Gasteiger partial charge in [0.05, 0.1) is 6.54 Å². The number of carbonyl (C=O) groups excluding carboxylic acids is 1. The van der Waals surface area contributed by atoms with E-state index in [1.165, 1.54) is 13.3 Å². The van der Waals surface area contributed by atoms with Gasteiger partial charge in [0.15, 0.2) is 15.7 Å². The Hall–Kier alpha value is -2.22. The molecule has 0 spiro atoms. The van der Waals surface area contributed by atoms with Crippen LogP contribution in [0, 0.1) is 0 Å². The van der Waals surface area contributed by atoms with Gasteiger partial charge in [0.25, 0.3) is 0 Å². The zero-order valence-corrected chi connectivity index (χ0v) is 12.5. The van der Waals surface area contributed by atoms with Gasteiger partial charge in [0.1, 0.15) is 11.6 Å². The van der Waals surface area contributed by atoms with Crippen molar-refractivity contribution in [1.29, 1.82) is 0 Å². The van der Waals surface area contributed by atoms with E-state index in [4.69, 9.17) is 0 Å². The number of nitrogens with one attached hydrogen (secondary N) is 1. The molecule has 2 aromatic rings. The maximum Gasteiger partial charge on any atom is 0.238 e. The lowest BCUT2D eigenvalue weighted by Crippen LogP contribution is -2.37. The summed E-state index contributed by atoms with van der Waals surface area (Å²) in [6.07, 6.45) is 2.57. The monoisotopic (exact) mass is 308 g/mol. The smallest absolute Gasteiger partial charge is 0.238 e. The molecule has 1 N–H and O–H groups in total. The van der Waals surface area contributed by atoms with Crippen molar-refractivity contribution in [3.8, 4) is 5.69 Å². The molecule has 1 heterocycles. The summed E-state index contributed by atoms with van der Waals surface area (Å²) in [7, 11) is -3.41. The lowest BCUT2D eigenvalue weighted by Gasteiger charge is -2.11. The van der Waals surface area contributed by atoms with Gasteiger partial charge in [-0.05, 0) is 19.1 Å². The van der Waals surface area contributed by atoms with E-state index in [0.717, 1.165) is 11.9 Å². The van der Waals surface area contributed by atoms with Crippen LogP contribution in [0.25, 0.3) is 5.69 Å². The molecule has 21 heavy (non-hydrogen) atoms. The molecule has 0 aliphatic carbocycles. The topological polar surface area (TPSA) is 93.9 Å². The lowest BCUT2D eigenvalue weighted by atomic mass is 10.3. The Morgan fingerprint density at radius 1 is 1.33 bits per heavy atom. The number of aromatic nitrogens is 3. The fourth-order valence-electron chi connectivity index (χ4n) is 1.69. The minimum absolute atomic E-state index is 0.105. The fraction of sp³-hybridized carbons (Fsp3) is 0.308. The molecule has 1 unspecified atom stereocenters. The van der Waals surface area contributed by atoms with Crippen molar-refractivity contribution in [2.75, 3.05) is 6.26 Å². The molecule has 0 saturated carbocycles. The zero-order valence-electron chi connectivity index (χ0n) is 11.7. The number of hydrogen-bond acceptors (Lipinski definition) is 5. The molecule has 2 rings (SSSR count). The van der Waals surface area contributed by atoms with Gasteiger partial charge in [0.2, 0.25) is 5.91 Å². The molecule has 0 aliphatic rings. The molecule has 112 valence electrons. The first-order valence-corrected chi connectivity index (χ1v) is 8.26. The van der Waals surface area contributed by atoms with E-state index >= 15 is 0 Å². The van der Waals surface area contributed by atoms with E-state index in [9.17, 15) is 13.2 Å². The highest BCUT2D eigenvalue weighted by Gasteiger charge is 2.23. The Morgan fingerprint density at radius 2 is 2.00 bits per heavy atom. The van der Waals surface area contributed by atoms with Crippen LogP contribution in [0.1, 0.15) is 12.7 Å². The highest BCUT2D eigenvalue weighted by molar-refractivity contribution is 7.92. The lowest BCUT2D eigenvalue weighted by molar-refractivity contribution is -0.120. The number of para-hydroxylation sites is 1. The molecule has 1 aromatic heterocycles. The Balaban J connectivity index is 2.09. The van der Waals surface area contributed by atoms with Crippen molar-refractivity contribution in [2.45, 2.75) is 18.7 Å². The van der Waals surface area contributed by atoms with Crippen molar-refractivity contribution >= 4 is 15.7 Å². The molecule has 0 fully saturated rings. The van der Waals surface area contributed by atoms with Gasteiger partial charge in [0, 0.05) is 11.9 Å². The van der Waals surface area contributed by atoms with Crippen LogP contribution in [0.5, 0.6) is 0 Å². The Labute approximate surface area is 122 Å². The molecule has 1 aromatic carbocycles. The predicted molar refractivity (Wildman–Crippen MR) is 77.5 cm³/mol. The summed E-state index contributed by atoms with van der Waals surface area (Å²) in [6, 6.07) is 9.41. The van der Waals surface area contributed by atoms with Crippen LogP contribution in [0.4, 0.5) is 0 Å². The molecular weight excluding hydrogens is 292 g/mol. The largest absolute Gasteiger partial charge is 0.348 e. The van der Waals surface area contributed by atoms with Crippen molar-refractivity contribution in [1.82, 2.24) is 20.1 Å². The molecule has 1 atom stereocenters. The predicted octanol–water partition coefficient (Wildman–Crippen LogP) is 0.317. The van der Waals surface area contributed by atoms with Crippen LogP contribution < -0.4 is 5.32 Å². The SMILES string of the molecule is CC(C(=O)NCc1nncn1-c1ccccc1)S(C)(=O)=O. The Bertz CT molecular complexity index is 725. The van der Waals surface area contributed by atoms with Crippen LogP contribution in [0.15, 0.2) is 36.7 Å². The van der Waals surface area contributed by atoms with Gasteiger partial charge in [-0.25, -0.2) is 8.42 Å². The van der Waals surface area contributed by atoms with E-state index in [1.807, 2.05) is 30.3 Å². The minimum atomic E-state index is -3.41. The third kappa shape index (κ3) is 3.66. The zero-order chi connectivity index (χ0) is 15.5. The summed E-state index contributed by atoms with van der Waals surface area (Å²) in [6.45, 7) is 1.46. The first-order valence-electron chi connectivity index (χ1n) is 6.30. The average molecular weight is 308 g/mol. The summed E-state index contributed by atoms with van der Waals surface area (Å²) in [4.78, 5) is 11.8. The fourth-order valence-corrected chi connectivity index (χ4v) is 2.16. The van der Waals surface area contributed by atoms with Gasteiger partial charge in [-0.15, -0.1) is 10.2 Å². The number of sulfone groups is 1. The third-order valence-electron chi connectivity index (χ3n) is 3.08. The highest BCUT2D eigenvalue weighted by atomic mass is 32.2. The van der Waals surface area contributed by atoms with E-state index in [2.05, 4.69) is 15.5 Å². The number of amides is 1. The summed E-state index contributed by atoms with van der Waals surface area (Å²) in [5.41, 5.74) is 0.864. The maximum atomic E-state index is 11.8. The van der Waals surface area contributed by atoms with Crippen LogP contribution in [0.3, 0.4) is 0 Å². The van der Waals surface area contributed by atoms with Crippen molar-refractivity contribution < 1.29 is 13.2 Å². The van der Waals surface area contributed by atoms with Gasteiger partial charge < -0.3 is 5.32 Å². The van der Waals surface area contributed by atoms with Gasteiger partial charge in [-0.1, -0.05) is 18.2 Å². The summed E-state index contributed by atoms with van der Waals surface area (Å²) in [5.74, 6) is -0.0321. The minimum Gasteiger partial charge on any atom is -0.348 e. The second-order valence-corrected chi connectivity index (χ2v) is 7.01. The van der Waals surface area contributed by atoms with Crippen LogP contribution in [0.2, 0.25) is 0 Å². The normalized spacial score (nSPS) is 12.9. The number of carbonyl (C=O) groups is 1. The van der Waals surface area contributed by atoms with Crippen LogP contribution in [-0.4, -0.2) is 40.6 Å². The molecule has 0 bridgehead atoms. The van der Waals surface area contributed by atoms with Crippen molar-refractivity contribution in [2.24, 2.45) is 0 Å². The van der Waals surface area contributed by atoms with Gasteiger partial charge in [-0.2, -0.15) is 0 Å². The maximum absolute atomic E-state index is 11.8. The second kappa shape index (κ2) is 6.04. The molecule has 0 aliphatic heterocycles. The molecular formula is C13H16N4O3S. The van der Waals surface area contributed by atoms with E-state index in [0.29, 0.717) is 5.82 Å². The van der Waals surface area contributed by atoms with E-state index < -0.39 is 21.0 Å². The van der Waals surface area contributed by atoms with Crippen molar-refractivity contribution in [3.63, 3.8) is 0 Å². The molecule has 8 heteroatoms. The van der Waals surface area contributed by atoms with Gasteiger partial charge in [-0.3, -0.25) is 9.36 Å². The van der Waals surface area contributed by atoms with Crippen molar-refractivity contribution in [3.05, 3.63) is 42.5 Å². The molecule has 0 radical (unpaired) electrons. The van der Waals surface area contributed by atoms with Crippen LogP contribution >= 0.6 is 0 Å². The first kappa shape index (κ1) is 15.2. The number of benzene rings is 1. The third-order valence-corrected chi connectivity index (χ3v) is 4.58. The standard InChI is InChI=1S/C13H16N4O3S/c1-10(21(2,19)20)13(18)14-8-12-16-15-9-17(12)11-6-4-3-5-7-11/h3-7,9-10H,8H2,1-2H3,(H,14,18). The summed E-state index contributed by atoms with van der Waals surface area (Å²) in [5, 5.41) is 9.22. The number of rotatable bonds is 5. The Kier molecular flexibility index (Phi) is 4.37. The van der Waals surface area contributed by atoms with Crippen LogP contribution in [-0.2, 0) is 21.2 Å². The second-order valence-electron chi connectivity index (χ2n) is 4.64. The highest BCUT2D eigenvalue weighted by Crippen LogP contribution is 2.08. The quantitative estimate of drug-likeness (QED) is 0.858. The molecule has 7 nitrogen and oxygen atoms in total. The van der Waals surface area contributed by atoms with Gasteiger partial charge >= 0.3 is 0 Å². The molecule has 0 saturated heterocycles. The Morgan fingerprint density at radius 3 is 2.62 bits per heavy atom. The first-order chi connectivity index (χ1) is 9.89. The number of nitrogens with zero attached hydrogens (tertiary/aromatic N) is 3. The number of hydrogen-bond donors (Lipinski definition) is 1. The summed E-state index contributed by atoms with van der Waals surface area (Å²) < 4.78 is 24.4. The van der Waals surface area contributed by atoms with E-state index in [1.54, 1.807) is 4.57 Å². The average Bonchev–Trinajstić information content (AvgIpc) is 2.92. The van der Waals surface area contributed by atoms with E-state index in [-0.39, 0.29) is 6.54 Å².